The van der Waals surface area contributed by atoms with E-state index < -0.39 is 0 Å². The summed E-state index contributed by atoms with van der Waals surface area (Å²) in [6.45, 7) is 1.41. The van der Waals surface area contributed by atoms with Crippen molar-refractivity contribution in [3.05, 3.63) is 71.8 Å². The Morgan fingerprint density at radius 2 is 1.45 bits per heavy atom. The van der Waals surface area contributed by atoms with Crippen LogP contribution in [0.25, 0.3) is 0 Å². The Morgan fingerprint density at radius 3 is 2.05 bits per heavy atom. The van der Waals surface area contributed by atoms with Crippen LogP contribution in [0.2, 0.25) is 0 Å². The summed E-state index contributed by atoms with van der Waals surface area (Å²) in [6, 6.07) is 20.5. The summed E-state index contributed by atoms with van der Waals surface area (Å²) in [5.74, 6) is 0.207. The van der Waals surface area contributed by atoms with Crippen molar-refractivity contribution in [2.24, 2.45) is 5.92 Å². The first-order chi connectivity index (χ1) is 9.88. The minimum Gasteiger partial charge on any atom is -0.396 e. The van der Waals surface area contributed by atoms with Crippen molar-refractivity contribution >= 4 is 0 Å². The summed E-state index contributed by atoms with van der Waals surface area (Å²) in [5, 5.41) is 9.42. The standard InChI is InChI=1S/C18H22O2/c19-13-18(12-11-16-7-3-1-4-8-16)15-20-14-17-9-5-2-6-10-17/h1-10,18-19H,11-15H2/t18-/m1/s1. The van der Waals surface area contributed by atoms with E-state index in [0.717, 1.165) is 12.8 Å². The fraction of sp³-hybridized carbons (Fsp3) is 0.333. The van der Waals surface area contributed by atoms with Gasteiger partial charge in [0, 0.05) is 12.5 Å². The van der Waals surface area contributed by atoms with Crippen LogP contribution in [-0.4, -0.2) is 18.3 Å². The molecule has 2 aromatic rings. The minimum absolute atomic E-state index is 0.182. The first kappa shape index (κ1) is 14.8. The van der Waals surface area contributed by atoms with E-state index in [1.54, 1.807) is 0 Å². The molecule has 1 atom stereocenters. The van der Waals surface area contributed by atoms with E-state index in [0.29, 0.717) is 13.2 Å². The Bertz CT molecular complexity index is 467. The first-order valence-corrected chi connectivity index (χ1v) is 7.15. The van der Waals surface area contributed by atoms with Crippen LogP contribution in [0, 0.1) is 5.92 Å². The molecule has 2 heteroatoms. The zero-order chi connectivity index (χ0) is 14.0. The largest absolute Gasteiger partial charge is 0.396 e. The van der Waals surface area contributed by atoms with Gasteiger partial charge in [-0.3, -0.25) is 0 Å². The van der Waals surface area contributed by atoms with Crippen LogP contribution in [0.1, 0.15) is 17.5 Å². The number of aliphatic hydroxyl groups excluding tert-OH is 1. The Kier molecular flexibility index (Phi) is 6.28. The van der Waals surface area contributed by atoms with Gasteiger partial charge in [0.2, 0.25) is 0 Å². The lowest BCUT2D eigenvalue weighted by Crippen LogP contribution is -2.15. The molecule has 0 saturated carbocycles. The van der Waals surface area contributed by atoms with Crippen LogP contribution in [0.5, 0.6) is 0 Å². The molecule has 0 amide bonds. The molecule has 0 heterocycles. The lowest BCUT2D eigenvalue weighted by atomic mass is 10.0. The fourth-order valence-corrected chi connectivity index (χ4v) is 2.16. The summed E-state index contributed by atoms with van der Waals surface area (Å²) >= 11 is 0. The molecule has 1 N–H and O–H groups in total. The molecule has 0 aliphatic carbocycles. The van der Waals surface area contributed by atoms with Crippen molar-refractivity contribution < 1.29 is 9.84 Å². The molecule has 20 heavy (non-hydrogen) atoms. The molecule has 0 radical (unpaired) electrons. The van der Waals surface area contributed by atoms with E-state index in [9.17, 15) is 5.11 Å². The van der Waals surface area contributed by atoms with Gasteiger partial charge in [-0.15, -0.1) is 0 Å². The maximum atomic E-state index is 9.42. The fourth-order valence-electron chi connectivity index (χ4n) is 2.16. The van der Waals surface area contributed by atoms with Crippen molar-refractivity contribution in [3.8, 4) is 0 Å². The van der Waals surface area contributed by atoms with Gasteiger partial charge in [-0.25, -0.2) is 0 Å². The van der Waals surface area contributed by atoms with Gasteiger partial charge in [0.15, 0.2) is 0 Å². The molecule has 106 valence electrons. The van der Waals surface area contributed by atoms with Gasteiger partial charge in [0.1, 0.15) is 0 Å². The predicted molar refractivity (Wildman–Crippen MR) is 81.4 cm³/mol. The van der Waals surface area contributed by atoms with Crippen LogP contribution in [-0.2, 0) is 17.8 Å². The topological polar surface area (TPSA) is 29.5 Å². The number of ether oxygens (including phenoxy) is 1. The molecule has 0 unspecified atom stereocenters. The SMILES string of the molecule is OC[C@@H](CCc1ccccc1)COCc1ccccc1. The van der Waals surface area contributed by atoms with Crippen molar-refractivity contribution in [2.45, 2.75) is 19.4 Å². The van der Waals surface area contributed by atoms with Crippen LogP contribution in [0.15, 0.2) is 60.7 Å². The van der Waals surface area contributed by atoms with Crippen LogP contribution in [0.3, 0.4) is 0 Å². The molecule has 0 saturated heterocycles. The van der Waals surface area contributed by atoms with E-state index in [1.807, 2.05) is 24.3 Å². The second-order valence-electron chi connectivity index (χ2n) is 5.07. The molecule has 2 rings (SSSR count). The van der Waals surface area contributed by atoms with Gasteiger partial charge in [-0.05, 0) is 24.0 Å². The van der Waals surface area contributed by atoms with Gasteiger partial charge in [0.05, 0.1) is 13.2 Å². The maximum Gasteiger partial charge on any atom is 0.0717 e. The van der Waals surface area contributed by atoms with Gasteiger partial charge < -0.3 is 9.84 Å². The lowest BCUT2D eigenvalue weighted by Gasteiger charge is -2.14. The molecule has 0 spiro atoms. The van der Waals surface area contributed by atoms with Gasteiger partial charge in [0.25, 0.3) is 0 Å². The Labute approximate surface area is 121 Å². The van der Waals surface area contributed by atoms with Crippen LogP contribution in [0.4, 0.5) is 0 Å². The molecular weight excluding hydrogens is 248 g/mol. The maximum absolute atomic E-state index is 9.42. The Balaban J connectivity index is 1.70. The third-order valence-electron chi connectivity index (χ3n) is 3.41. The third-order valence-corrected chi connectivity index (χ3v) is 3.41. The average Bonchev–Trinajstić information content (AvgIpc) is 2.52. The van der Waals surface area contributed by atoms with Gasteiger partial charge in [-0.1, -0.05) is 60.7 Å². The Morgan fingerprint density at radius 1 is 0.850 bits per heavy atom. The van der Waals surface area contributed by atoms with Crippen molar-refractivity contribution in [3.63, 3.8) is 0 Å². The number of aryl methyl sites for hydroxylation is 1. The van der Waals surface area contributed by atoms with Crippen molar-refractivity contribution in [1.82, 2.24) is 0 Å². The second kappa shape index (κ2) is 8.51. The van der Waals surface area contributed by atoms with E-state index in [2.05, 4.69) is 36.4 Å². The van der Waals surface area contributed by atoms with Crippen molar-refractivity contribution in [2.75, 3.05) is 13.2 Å². The molecule has 0 aromatic heterocycles. The normalized spacial score (nSPS) is 12.2. The van der Waals surface area contributed by atoms with E-state index in [-0.39, 0.29) is 12.5 Å². The quantitative estimate of drug-likeness (QED) is 0.796. The van der Waals surface area contributed by atoms with Crippen LogP contribution >= 0.6 is 0 Å². The molecule has 0 bridgehead atoms. The first-order valence-electron chi connectivity index (χ1n) is 7.15. The smallest absolute Gasteiger partial charge is 0.0717 e. The Hall–Kier alpha value is -1.64. The van der Waals surface area contributed by atoms with Gasteiger partial charge >= 0.3 is 0 Å². The number of hydrogen-bond donors (Lipinski definition) is 1. The molecule has 0 fully saturated rings. The van der Waals surface area contributed by atoms with Gasteiger partial charge in [-0.2, -0.15) is 0 Å². The number of benzene rings is 2. The third kappa shape index (κ3) is 5.16. The zero-order valence-electron chi connectivity index (χ0n) is 11.7. The zero-order valence-corrected chi connectivity index (χ0v) is 11.7. The highest BCUT2D eigenvalue weighted by atomic mass is 16.5. The molecule has 0 aliphatic heterocycles. The van der Waals surface area contributed by atoms with E-state index in [4.69, 9.17) is 4.74 Å². The highest BCUT2D eigenvalue weighted by molar-refractivity contribution is 5.15. The molecular formula is C18H22O2. The summed E-state index contributed by atoms with van der Waals surface area (Å²) < 4.78 is 5.70. The number of rotatable bonds is 8. The summed E-state index contributed by atoms with van der Waals surface area (Å²) in [5.41, 5.74) is 2.49. The lowest BCUT2D eigenvalue weighted by molar-refractivity contribution is 0.0597. The van der Waals surface area contributed by atoms with Crippen molar-refractivity contribution in [1.29, 1.82) is 0 Å². The number of hydrogen-bond acceptors (Lipinski definition) is 2. The molecule has 2 nitrogen and oxygen atoms in total. The monoisotopic (exact) mass is 270 g/mol. The second-order valence-corrected chi connectivity index (χ2v) is 5.07. The highest BCUT2D eigenvalue weighted by Gasteiger charge is 2.08. The van der Waals surface area contributed by atoms with E-state index >= 15 is 0 Å². The average molecular weight is 270 g/mol. The minimum atomic E-state index is 0.182. The predicted octanol–water partition coefficient (Wildman–Crippen LogP) is 3.44. The van der Waals surface area contributed by atoms with Crippen LogP contribution < -0.4 is 0 Å². The summed E-state index contributed by atoms with van der Waals surface area (Å²) in [7, 11) is 0. The summed E-state index contributed by atoms with van der Waals surface area (Å²) in [6.07, 6.45) is 1.94. The molecule has 0 aliphatic rings. The highest BCUT2D eigenvalue weighted by Crippen LogP contribution is 2.11. The molecule has 2 aromatic carbocycles. The number of aliphatic hydroxyl groups is 1. The summed E-state index contributed by atoms with van der Waals surface area (Å²) in [4.78, 5) is 0. The van der Waals surface area contributed by atoms with E-state index in [1.165, 1.54) is 11.1 Å².